The maximum Gasteiger partial charge on any atom is 0.419 e. The highest BCUT2D eigenvalue weighted by Crippen LogP contribution is 2.36. The Morgan fingerprint density at radius 3 is 2.42 bits per heavy atom. The van der Waals surface area contributed by atoms with E-state index < -0.39 is 33.7 Å². The largest absolute Gasteiger partial charge is 0.419 e. The van der Waals surface area contributed by atoms with E-state index in [1.165, 1.54) is 10.6 Å². The molecule has 31 heavy (non-hydrogen) atoms. The standard InChI is InChI=1S/C18H28F3N7O2S/c1-12-24-11-17(26-12,13-7-22-8-13)28-10-14(18(19,20)21)9-23-16(28)25-15-3-5-27(6-4-15)31(2,29)30/h9-10,13,15-16,22,25H,3-8,11H2,1-2H3,(H,24,26). The van der Waals surface area contributed by atoms with Gasteiger partial charge in [0.15, 0.2) is 6.29 Å². The highest BCUT2D eigenvalue weighted by molar-refractivity contribution is 7.88. The summed E-state index contributed by atoms with van der Waals surface area (Å²) in [6.07, 6.45) is -0.920. The van der Waals surface area contributed by atoms with E-state index in [0.29, 0.717) is 51.4 Å². The third-order valence-electron chi connectivity index (χ3n) is 6.40. The molecule has 174 valence electrons. The van der Waals surface area contributed by atoms with Gasteiger partial charge in [-0.1, -0.05) is 0 Å². The summed E-state index contributed by atoms with van der Waals surface area (Å²) in [5.41, 5.74) is -1.62. The number of nitrogens with one attached hydrogen (secondary N) is 3. The summed E-state index contributed by atoms with van der Waals surface area (Å²) >= 11 is 0. The molecule has 2 saturated heterocycles. The molecular formula is C18H28F3N7O2S. The highest BCUT2D eigenvalue weighted by Gasteiger charge is 2.52. The number of aliphatic imine (C=N–C) groups is 2. The van der Waals surface area contributed by atoms with Crippen LogP contribution in [0.4, 0.5) is 13.2 Å². The molecule has 0 radical (unpaired) electrons. The van der Waals surface area contributed by atoms with Gasteiger partial charge < -0.3 is 15.5 Å². The van der Waals surface area contributed by atoms with Crippen molar-refractivity contribution in [2.45, 2.75) is 43.9 Å². The Morgan fingerprint density at radius 1 is 1.26 bits per heavy atom. The number of halogens is 3. The quantitative estimate of drug-likeness (QED) is 0.533. The fraction of sp³-hybridized carbons (Fsp3) is 0.778. The van der Waals surface area contributed by atoms with Crippen molar-refractivity contribution in [1.82, 2.24) is 25.2 Å². The van der Waals surface area contributed by atoms with Crippen LogP contribution in [0.1, 0.15) is 19.8 Å². The van der Waals surface area contributed by atoms with Gasteiger partial charge in [0.25, 0.3) is 0 Å². The maximum atomic E-state index is 13.5. The molecule has 9 nitrogen and oxygen atoms in total. The molecule has 0 bridgehead atoms. The van der Waals surface area contributed by atoms with Gasteiger partial charge in [0.2, 0.25) is 10.0 Å². The third-order valence-corrected chi connectivity index (χ3v) is 7.71. The van der Waals surface area contributed by atoms with Crippen LogP contribution < -0.4 is 16.0 Å². The minimum absolute atomic E-state index is 0.0594. The molecule has 0 saturated carbocycles. The number of sulfonamides is 1. The molecule has 4 rings (SSSR count). The summed E-state index contributed by atoms with van der Waals surface area (Å²) in [5.74, 6) is 0.743. The molecule has 4 heterocycles. The second-order valence-corrected chi connectivity index (χ2v) is 10.5. The van der Waals surface area contributed by atoms with Gasteiger partial charge in [-0.2, -0.15) is 13.2 Å². The first-order valence-corrected chi connectivity index (χ1v) is 12.2. The van der Waals surface area contributed by atoms with Crippen LogP contribution in [0.25, 0.3) is 0 Å². The SMILES string of the molecule is CC1=NCC(C2CNC2)(N2C=C(C(F)(F)F)C=NC2NC2CCN(S(C)(=O)=O)CC2)N1. The normalized spacial score (nSPS) is 31.3. The summed E-state index contributed by atoms with van der Waals surface area (Å²) in [4.78, 5) is 10.3. The first-order chi connectivity index (χ1) is 14.5. The number of piperidine rings is 1. The van der Waals surface area contributed by atoms with Gasteiger partial charge >= 0.3 is 6.18 Å². The van der Waals surface area contributed by atoms with Crippen LogP contribution >= 0.6 is 0 Å². The highest BCUT2D eigenvalue weighted by atomic mass is 32.2. The van der Waals surface area contributed by atoms with Crippen LogP contribution in [0.15, 0.2) is 21.8 Å². The molecule has 4 aliphatic heterocycles. The van der Waals surface area contributed by atoms with Crippen molar-refractivity contribution in [3.63, 3.8) is 0 Å². The Labute approximate surface area is 179 Å². The number of nitrogens with zero attached hydrogens (tertiary/aromatic N) is 4. The maximum absolute atomic E-state index is 13.5. The molecule has 0 aromatic rings. The lowest BCUT2D eigenvalue weighted by molar-refractivity contribution is -0.0900. The van der Waals surface area contributed by atoms with Crippen LogP contribution in [0, 0.1) is 5.92 Å². The van der Waals surface area contributed by atoms with E-state index in [1.54, 1.807) is 11.8 Å². The summed E-state index contributed by atoms with van der Waals surface area (Å²) in [6, 6.07) is -0.0662. The second kappa shape index (κ2) is 8.01. The van der Waals surface area contributed by atoms with Crippen molar-refractivity contribution in [2.24, 2.45) is 15.9 Å². The minimum atomic E-state index is -4.51. The molecule has 0 aromatic carbocycles. The van der Waals surface area contributed by atoms with E-state index in [1.807, 2.05) is 0 Å². The first kappa shape index (κ1) is 22.5. The van der Waals surface area contributed by atoms with E-state index in [-0.39, 0.29) is 12.0 Å². The topological polar surface area (TPSA) is 101 Å². The Hall–Kier alpha value is -1.70. The Balaban J connectivity index is 1.57. The lowest BCUT2D eigenvalue weighted by Crippen LogP contribution is -2.73. The Kier molecular flexibility index (Phi) is 5.82. The lowest BCUT2D eigenvalue weighted by atomic mass is 9.85. The minimum Gasteiger partial charge on any atom is -0.350 e. The van der Waals surface area contributed by atoms with E-state index in [4.69, 9.17) is 0 Å². The van der Waals surface area contributed by atoms with Crippen LogP contribution in [0.3, 0.4) is 0 Å². The van der Waals surface area contributed by atoms with Gasteiger partial charge in [-0.15, -0.1) is 0 Å². The molecule has 2 fully saturated rings. The monoisotopic (exact) mass is 463 g/mol. The zero-order valence-electron chi connectivity index (χ0n) is 17.5. The molecule has 4 aliphatic rings. The van der Waals surface area contributed by atoms with Crippen LogP contribution in [0.5, 0.6) is 0 Å². The molecule has 2 unspecified atom stereocenters. The van der Waals surface area contributed by atoms with Crippen molar-refractivity contribution in [3.8, 4) is 0 Å². The molecule has 0 aliphatic carbocycles. The van der Waals surface area contributed by atoms with Crippen molar-refractivity contribution in [2.75, 3.05) is 39.0 Å². The smallest absolute Gasteiger partial charge is 0.350 e. The van der Waals surface area contributed by atoms with Gasteiger partial charge in [0.05, 0.1) is 24.2 Å². The predicted octanol–water partition coefficient (Wildman–Crippen LogP) is 0.0535. The van der Waals surface area contributed by atoms with Crippen LogP contribution in [-0.4, -0.2) is 92.8 Å². The van der Waals surface area contributed by atoms with Gasteiger partial charge in [-0.25, -0.2) is 12.7 Å². The molecule has 0 spiro atoms. The van der Waals surface area contributed by atoms with E-state index in [0.717, 1.165) is 12.4 Å². The average molecular weight is 464 g/mol. The summed E-state index contributed by atoms with van der Waals surface area (Å²) in [7, 11) is -3.25. The summed E-state index contributed by atoms with van der Waals surface area (Å²) < 4.78 is 65.5. The summed E-state index contributed by atoms with van der Waals surface area (Å²) in [6.45, 7) is 4.21. The zero-order chi connectivity index (χ0) is 22.4. The van der Waals surface area contributed by atoms with Gasteiger partial charge in [-0.3, -0.25) is 15.3 Å². The number of alkyl halides is 3. The Bertz CT molecular complexity index is 892. The van der Waals surface area contributed by atoms with E-state index in [9.17, 15) is 21.6 Å². The fourth-order valence-corrected chi connectivity index (χ4v) is 5.36. The third kappa shape index (κ3) is 4.45. The lowest BCUT2D eigenvalue weighted by Gasteiger charge is -2.52. The van der Waals surface area contributed by atoms with E-state index >= 15 is 0 Å². The Morgan fingerprint density at radius 2 is 1.94 bits per heavy atom. The average Bonchev–Trinajstić information content (AvgIpc) is 3.01. The van der Waals surface area contributed by atoms with Crippen molar-refractivity contribution >= 4 is 22.1 Å². The number of rotatable bonds is 5. The van der Waals surface area contributed by atoms with Gasteiger partial charge in [-0.05, 0) is 19.8 Å². The molecular weight excluding hydrogens is 435 g/mol. The molecule has 2 atom stereocenters. The first-order valence-electron chi connectivity index (χ1n) is 10.3. The van der Waals surface area contributed by atoms with Crippen molar-refractivity contribution < 1.29 is 21.6 Å². The summed E-state index contributed by atoms with van der Waals surface area (Å²) in [5, 5.41) is 9.87. The van der Waals surface area contributed by atoms with E-state index in [2.05, 4.69) is 25.9 Å². The van der Waals surface area contributed by atoms with Crippen molar-refractivity contribution in [3.05, 3.63) is 11.8 Å². The molecule has 13 heteroatoms. The molecule has 0 aromatic heterocycles. The number of allylic oxidation sites excluding steroid dienone is 1. The zero-order valence-corrected chi connectivity index (χ0v) is 18.3. The van der Waals surface area contributed by atoms with Gasteiger partial charge in [0, 0.05) is 50.6 Å². The van der Waals surface area contributed by atoms with Crippen LogP contribution in [-0.2, 0) is 10.0 Å². The second-order valence-electron chi connectivity index (χ2n) is 8.55. The predicted molar refractivity (Wildman–Crippen MR) is 111 cm³/mol. The van der Waals surface area contributed by atoms with Gasteiger partial charge in [0.1, 0.15) is 5.66 Å². The van der Waals surface area contributed by atoms with Crippen LogP contribution in [0.2, 0.25) is 0 Å². The number of amidine groups is 1. The van der Waals surface area contributed by atoms with Crippen molar-refractivity contribution in [1.29, 1.82) is 0 Å². The molecule has 0 amide bonds. The number of hydrogen-bond acceptors (Lipinski definition) is 8. The molecule has 3 N–H and O–H groups in total. The fourth-order valence-electron chi connectivity index (χ4n) is 4.49. The number of hydrogen-bond donors (Lipinski definition) is 3.